The van der Waals surface area contributed by atoms with Crippen molar-refractivity contribution in [3.8, 4) is 0 Å². The Morgan fingerprint density at radius 2 is 2.39 bits per heavy atom. The molecule has 0 aromatic carbocycles. The second kappa shape index (κ2) is 6.60. The Morgan fingerprint density at radius 1 is 1.56 bits per heavy atom. The fourth-order valence-corrected chi connectivity index (χ4v) is 2.62. The quantitative estimate of drug-likeness (QED) is 0.776. The SMILES string of the molecule is CCN(CC1CCCO1)c1cc(CCl)c(Cl)cn1. The molecule has 3 nitrogen and oxygen atoms in total. The maximum absolute atomic E-state index is 6.02. The van der Waals surface area contributed by atoms with E-state index in [2.05, 4.69) is 16.8 Å². The molecule has 1 aliphatic heterocycles. The number of ether oxygens (including phenoxy) is 1. The molecule has 0 saturated carbocycles. The van der Waals surface area contributed by atoms with Crippen LogP contribution < -0.4 is 4.90 Å². The third kappa shape index (κ3) is 3.28. The van der Waals surface area contributed by atoms with Crippen molar-refractivity contribution in [2.24, 2.45) is 0 Å². The van der Waals surface area contributed by atoms with Crippen LogP contribution in [0.2, 0.25) is 5.02 Å². The zero-order chi connectivity index (χ0) is 13.0. The van der Waals surface area contributed by atoms with E-state index >= 15 is 0 Å². The van der Waals surface area contributed by atoms with Gasteiger partial charge in [-0.3, -0.25) is 0 Å². The highest BCUT2D eigenvalue weighted by molar-refractivity contribution is 6.32. The van der Waals surface area contributed by atoms with Crippen molar-refractivity contribution in [1.82, 2.24) is 4.98 Å². The highest BCUT2D eigenvalue weighted by Gasteiger charge is 2.19. The number of anilines is 1. The second-order valence-corrected chi connectivity index (χ2v) is 5.12. The summed E-state index contributed by atoms with van der Waals surface area (Å²) in [5.74, 6) is 1.33. The zero-order valence-electron chi connectivity index (χ0n) is 10.5. The molecular weight excluding hydrogens is 271 g/mol. The van der Waals surface area contributed by atoms with Gasteiger partial charge in [-0.1, -0.05) is 11.6 Å². The van der Waals surface area contributed by atoms with Crippen LogP contribution in [-0.4, -0.2) is 30.8 Å². The van der Waals surface area contributed by atoms with Crippen LogP contribution in [0.25, 0.3) is 0 Å². The van der Waals surface area contributed by atoms with Gasteiger partial charge in [0.2, 0.25) is 0 Å². The lowest BCUT2D eigenvalue weighted by molar-refractivity contribution is 0.115. The minimum atomic E-state index is 0.321. The maximum Gasteiger partial charge on any atom is 0.128 e. The van der Waals surface area contributed by atoms with Gasteiger partial charge in [-0.05, 0) is 31.4 Å². The van der Waals surface area contributed by atoms with Gasteiger partial charge in [0.05, 0.1) is 11.1 Å². The number of aromatic nitrogens is 1. The Hall–Kier alpha value is -0.510. The van der Waals surface area contributed by atoms with Gasteiger partial charge in [0.15, 0.2) is 0 Å². The zero-order valence-corrected chi connectivity index (χ0v) is 12.0. The Morgan fingerprint density at radius 3 is 3.00 bits per heavy atom. The first kappa shape index (κ1) is 13.9. The van der Waals surface area contributed by atoms with Crippen molar-refractivity contribution in [3.63, 3.8) is 0 Å². The van der Waals surface area contributed by atoms with Crippen LogP contribution in [0.15, 0.2) is 12.3 Å². The lowest BCUT2D eigenvalue weighted by atomic mass is 10.2. The molecule has 2 rings (SSSR count). The van der Waals surface area contributed by atoms with Gasteiger partial charge in [0.25, 0.3) is 0 Å². The number of hydrogen-bond acceptors (Lipinski definition) is 3. The Kier molecular flexibility index (Phi) is 5.10. The first-order chi connectivity index (χ1) is 8.74. The Bertz CT molecular complexity index is 395. The molecule has 0 bridgehead atoms. The molecule has 1 unspecified atom stereocenters. The van der Waals surface area contributed by atoms with Gasteiger partial charge < -0.3 is 9.64 Å². The average Bonchev–Trinajstić information content (AvgIpc) is 2.89. The van der Waals surface area contributed by atoms with E-state index in [4.69, 9.17) is 27.9 Å². The minimum absolute atomic E-state index is 0.321. The van der Waals surface area contributed by atoms with Gasteiger partial charge >= 0.3 is 0 Å². The van der Waals surface area contributed by atoms with E-state index in [-0.39, 0.29) is 0 Å². The monoisotopic (exact) mass is 288 g/mol. The van der Waals surface area contributed by atoms with Gasteiger partial charge in [-0.15, -0.1) is 11.6 Å². The summed E-state index contributed by atoms with van der Waals surface area (Å²) < 4.78 is 5.67. The van der Waals surface area contributed by atoms with Crippen molar-refractivity contribution in [2.45, 2.75) is 31.7 Å². The van der Waals surface area contributed by atoms with Crippen LogP contribution in [0.5, 0.6) is 0 Å². The summed E-state index contributed by atoms with van der Waals surface area (Å²) in [7, 11) is 0. The summed E-state index contributed by atoms with van der Waals surface area (Å²) in [6.45, 7) is 4.78. The topological polar surface area (TPSA) is 25.4 Å². The standard InChI is InChI=1S/C13H18Cl2N2O/c1-2-17(9-11-4-3-5-18-11)13-6-10(7-14)12(15)8-16-13/h6,8,11H,2-5,7,9H2,1H3. The van der Waals surface area contributed by atoms with Crippen LogP contribution >= 0.6 is 23.2 Å². The normalized spacial score (nSPS) is 19.2. The molecule has 0 spiro atoms. The lowest BCUT2D eigenvalue weighted by Gasteiger charge is -2.25. The number of nitrogens with zero attached hydrogens (tertiary/aromatic N) is 2. The van der Waals surface area contributed by atoms with Crippen LogP contribution in [0.1, 0.15) is 25.3 Å². The molecule has 0 amide bonds. The summed E-state index contributed by atoms with van der Waals surface area (Å²) >= 11 is 11.9. The molecule has 2 heterocycles. The highest BCUT2D eigenvalue weighted by Crippen LogP contribution is 2.23. The third-order valence-electron chi connectivity index (χ3n) is 3.22. The van der Waals surface area contributed by atoms with Crippen molar-refractivity contribution in [2.75, 3.05) is 24.6 Å². The number of halogens is 2. The van der Waals surface area contributed by atoms with Crippen molar-refractivity contribution >= 4 is 29.0 Å². The van der Waals surface area contributed by atoms with E-state index in [1.165, 1.54) is 0 Å². The molecule has 1 saturated heterocycles. The predicted octanol–water partition coefficient (Wildman–Crippen LogP) is 3.48. The average molecular weight is 289 g/mol. The van der Waals surface area contributed by atoms with Gasteiger partial charge in [-0.2, -0.15) is 0 Å². The van der Waals surface area contributed by atoms with Crippen LogP contribution in [-0.2, 0) is 10.6 Å². The second-order valence-electron chi connectivity index (χ2n) is 4.44. The number of rotatable bonds is 5. The molecule has 1 aliphatic rings. The summed E-state index contributed by atoms with van der Waals surface area (Å²) in [6.07, 6.45) is 4.28. The molecule has 0 radical (unpaired) electrons. The van der Waals surface area contributed by atoms with E-state index in [0.717, 1.165) is 43.9 Å². The van der Waals surface area contributed by atoms with Crippen molar-refractivity contribution in [1.29, 1.82) is 0 Å². The molecule has 18 heavy (non-hydrogen) atoms. The van der Waals surface area contributed by atoms with Gasteiger partial charge in [0, 0.05) is 31.8 Å². The molecular formula is C13H18Cl2N2O. The third-order valence-corrected chi connectivity index (χ3v) is 3.85. The van der Waals surface area contributed by atoms with Gasteiger partial charge in [0.1, 0.15) is 5.82 Å². The Balaban J connectivity index is 2.10. The van der Waals surface area contributed by atoms with E-state index in [1.807, 2.05) is 6.07 Å². The molecule has 1 fully saturated rings. The van der Waals surface area contributed by atoms with E-state index in [1.54, 1.807) is 6.20 Å². The predicted molar refractivity (Wildman–Crippen MR) is 75.7 cm³/mol. The molecule has 0 aliphatic carbocycles. The molecule has 5 heteroatoms. The summed E-state index contributed by atoms with van der Waals surface area (Å²) in [4.78, 5) is 6.59. The lowest BCUT2D eigenvalue weighted by Crippen LogP contribution is -2.32. The Labute approximate surface area is 118 Å². The largest absolute Gasteiger partial charge is 0.376 e. The number of likely N-dealkylation sites (N-methyl/N-ethyl adjacent to an activating group) is 1. The van der Waals surface area contributed by atoms with Crippen LogP contribution in [0.4, 0.5) is 5.82 Å². The summed E-state index contributed by atoms with van der Waals surface area (Å²) in [6, 6.07) is 1.97. The van der Waals surface area contributed by atoms with Gasteiger partial charge in [-0.25, -0.2) is 4.98 Å². The van der Waals surface area contributed by atoms with Crippen LogP contribution in [0.3, 0.4) is 0 Å². The summed E-state index contributed by atoms with van der Waals surface area (Å²) in [5, 5.41) is 0.627. The number of hydrogen-bond donors (Lipinski definition) is 0. The number of alkyl halides is 1. The smallest absolute Gasteiger partial charge is 0.128 e. The van der Waals surface area contributed by atoms with Crippen LogP contribution in [0, 0.1) is 0 Å². The number of pyridine rings is 1. The molecule has 1 aromatic heterocycles. The van der Waals surface area contributed by atoms with Crippen molar-refractivity contribution < 1.29 is 4.74 Å². The molecule has 100 valence electrons. The molecule has 1 aromatic rings. The van der Waals surface area contributed by atoms with E-state index in [0.29, 0.717) is 17.0 Å². The fraction of sp³-hybridized carbons (Fsp3) is 0.615. The summed E-state index contributed by atoms with van der Waals surface area (Å²) in [5.41, 5.74) is 0.925. The van der Waals surface area contributed by atoms with E-state index < -0.39 is 0 Å². The maximum atomic E-state index is 6.02. The molecule has 0 N–H and O–H groups in total. The first-order valence-corrected chi connectivity index (χ1v) is 7.22. The van der Waals surface area contributed by atoms with Crippen molar-refractivity contribution in [3.05, 3.63) is 22.8 Å². The first-order valence-electron chi connectivity index (χ1n) is 6.31. The minimum Gasteiger partial charge on any atom is -0.376 e. The van der Waals surface area contributed by atoms with E-state index in [9.17, 15) is 0 Å². The highest BCUT2D eigenvalue weighted by atomic mass is 35.5. The molecule has 1 atom stereocenters. The fourth-order valence-electron chi connectivity index (χ4n) is 2.16.